The van der Waals surface area contributed by atoms with Crippen LogP contribution >= 0.6 is 15.9 Å². The Morgan fingerprint density at radius 1 is 1.20 bits per heavy atom. The lowest BCUT2D eigenvalue weighted by Crippen LogP contribution is -2.51. The van der Waals surface area contributed by atoms with E-state index in [9.17, 15) is 26.4 Å². The van der Waals surface area contributed by atoms with Crippen LogP contribution in [-0.2, 0) is 36.1 Å². The lowest BCUT2D eigenvalue weighted by atomic mass is 10.2. The van der Waals surface area contributed by atoms with Crippen molar-refractivity contribution in [2.45, 2.75) is 22.4 Å². The van der Waals surface area contributed by atoms with Crippen LogP contribution in [0.2, 0.25) is 0 Å². The molecule has 0 spiro atoms. The second-order valence-corrected chi connectivity index (χ2v) is 12.2. The van der Waals surface area contributed by atoms with Gasteiger partial charge in [-0.1, -0.05) is 28.1 Å². The highest BCUT2D eigenvalue weighted by Crippen LogP contribution is 2.31. The Hall–Kier alpha value is -2.62. The Kier molecular flexibility index (Phi) is 7.13. The van der Waals surface area contributed by atoms with E-state index in [0.717, 1.165) is 4.31 Å². The van der Waals surface area contributed by atoms with Gasteiger partial charge in [0, 0.05) is 35.0 Å². The van der Waals surface area contributed by atoms with Crippen molar-refractivity contribution in [1.29, 1.82) is 0 Å². The van der Waals surface area contributed by atoms with Crippen LogP contribution in [0.3, 0.4) is 0 Å². The molecule has 4 N–H and O–H groups in total. The molecule has 35 heavy (non-hydrogen) atoms. The average Bonchev–Trinajstić information content (AvgIpc) is 3.21. The Labute approximate surface area is 209 Å². The number of nitrogens with two attached hydrogens (primary N) is 1. The number of halogens is 1. The first kappa shape index (κ1) is 25.5. The van der Waals surface area contributed by atoms with Crippen molar-refractivity contribution in [3.05, 3.63) is 58.2 Å². The van der Waals surface area contributed by atoms with Gasteiger partial charge in [0.15, 0.2) is 6.29 Å². The first-order chi connectivity index (χ1) is 16.5. The van der Waals surface area contributed by atoms with Crippen molar-refractivity contribution in [1.82, 2.24) is 14.6 Å². The molecule has 3 aromatic rings. The van der Waals surface area contributed by atoms with E-state index in [1.54, 1.807) is 18.2 Å². The number of ether oxygens (including phenoxy) is 1. The van der Waals surface area contributed by atoms with Gasteiger partial charge in [0.25, 0.3) is 5.91 Å². The molecule has 4 rings (SSSR count). The van der Waals surface area contributed by atoms with Crippen LogP contribution in [0, 0.1) is 0 Å². The summed E-state index contributed by atoms with van der Waals surface area (Å²) >= 11 is 3.32. The van der Waals surface area contributed by atoms with Gasteiger partial charge >= 0.3 is 0 Å². The number of fused-ring (bicyclic) bond motifs is 1. The van der Waals surface area contributed by atoms with E-state index in [4.69, 9.17) is 9.88 Å². The van der Waals surface area contributed by atoms with Gasteiger partial charge in [-0.3, -0.25) is 9.59 Å². The quantitative estimate of drug-likeness (QED) is 0.349. The highest BCUT2D eigenvalue weighted by atomic mass is 79.9. The number of aromatic nitrogens is 1. The minimum Gasteiger partial charge on any atom is -0.366 e. The molecule has 1 aliphatic rings. The van der Waals surface area contributed by atoms with Gasteiger partial charge in [-0.25, -0.2) is 22.0 Å². The summed E-state index contributed by atoms with van der Waals surface area (Å²) in [6.07, 6.45) is -0.620. The van der Waals surface area contributed by atoms with E-state index >= 15 is 0 Å². The third kappa shape index (κ3) is 5.32. The van der Waals surface area contributed by atoms with E-state index < -0.39 is 32.1 Å². The van der Waals surface area contributed by atoms with Crippen molar-refractivity contribution in [2.24, 2.45) is 5.14 Å². The first-order valence-corrected chi connectivity index (χ1v) is 14.1. The molecule has 1 fully saturated rings. The number of hydrogen-bond acceptors (Lipinski definition) is 7. The Balaban J connectivity index is 1.50. The molecule has 186 valence electrons. The highest BCUT2D eigenvalue weighted by molar-refractivity contribution is 9.10. The smallest absolute Gasteiger partial charge is 0.250 e. The monoisotopic (exact) mass is 584 g/mol. The van der Waals surface area contributed by atoms with Crippen LogP contribution in [0.5, 0.6) is 0 Å². The van der Waals surface area contributed by atoms with Crippen molar-refractivity contribution in [3.63, 3.8) is 0 Å². The molecule has 1 unspecified atom stereocenters. The van der Waals surface area contributed by atoms with Crippen LogP contribution in [-0.4, -0.2) is 64.1 Å². The fourth-order valence-corrected chi connectivity index (χ4v) is 6.36. The number of carbonyl (C=O) groups is 2. The standard InChI is InChI=1S/C21H21BrN4O7S2/c22-14-3-6-17-16(9-14)20(18(12-27)25-17)35(31,32)26-7-8-33-19(11-26)21(28)24-10-13-1-4-15(5-2-13)34(23,29)30/h1-6,9,12,19,25H,7-8,10-11H2,(H,24,28)(H2,23,29,30). The average molecular weight is 585 g/mol. The number of aldehydes is 1. The third-order valence-electron chi connectivity index (χ3n) is 5.50. The van der Waals surface area contributed by atoms with E-state index in [2.05, 4.69) is 26.2 Å². The van der Waals surface area contributed by atoms with Crippen molar-refractivity contribution in [3.8, 4) is 0 Å². The predicted molar refractivity (Wildman–Crippen MR) is 130 cm³/mol. The zero-order chi connectivity index (χ0) is 25.4. The Morgan fingerprint density at radius 2 is 1.91 bits per heavy atom. The molecule has 2 heterocycles. The zero-order valence-corrected chi connectivity index (χ0v) is 21.3. The van der Waals surface area contributed by atoms with Crippen LogP contribution in [0.1, 0.15) is 16.1 Å². The number of nitrogens with zero attached hydrogens (tertiary/aromatic N) is 1. The van der Waals surface area contributed by atoms with Crippen LogP contribution in [0.25, 0.3) is 10.9 Å². The maximum atomic E-state index is 13.5. The third-order valence-corrected chi connectivity index (χ3v) is 8.89. The summed E-state index contributed by atoms with van der Waals surface area (Å²) in [6.45, 7) is -0.164. The number of aromatic amines is 1. The summed E-state index contributed by atoms with van der Waals surface area (Å²) < 4.78 is 57.0. The molecule has 0 saturated carbocycles. The number of morpholine rings is 1. The van der Waals surface area contributed by atoms with E-state index in [1.807, 2.05) is 0 Å². The van der Waals surface area contributed by atoms with E-state index in [1.165, 1.54) is 24.3 Å². The number of carbonyl (C=O) groups excluding carboxylic acids is 2. The highest BCUT2D eigenvalue weighted by Gasteiger charge is 2.37. The molecule has 1 amide bonds. The summed E-state index contributed by atoms with van der Waals surface area (Å²) in [7, 11) is -7.96. The molecule has 0 radical (unpaired) electrons. The van der Waals surface area contributed by atoms with E-state index in [0.29, 0.717) is 27.2 Å². The normalized spacial score (nSPS) is 17.4. The van der Waals surface area contributed by atoms with Gasteiger partial charge in [-0.15, -0.1) is 0 Å². The summed E-state index contributed by atoms with van der Waals surface area (Å²) in [6, 6.07) is 10.7. The summed E-state index contributed by atoms with van der Waals surface area (Å²) in [5, 5.41) is 8.09. The minimum atomic E-state index is -4.14. The first-order valence-electron chi connectivity index (χ1n) is 10.3. The molecule has 0 aliphatic carbocycles. The number of nitrogens with one attached hydrogen (secondary N) is 2. The lowest BCUT2D eigenvalue weighted by molar-refractivity contribution is -0.136. The Morgan fingerprint density at radius 3 is 2.57 bits per heavy atom. The minimum absolute atomic E-state index is 0.0111. The number of primary sulfonamides is 1. The second kappa shape index (κ2) is 9.79. The van der Waals surface area contributed by atoms with Gasteiger partial charge in [0.05, 0.1) is 17.2 Å². The number of rotatable bonds is 7. The van der Waals surface area contributed by atoms with E-state index in [-0.39, 0.29) is 41.7 Å². The van der Waals surface area contributed by atoms with Gasteiger partial charge < -0.3 is 15.0 Å². The largest absolute Gasteiger partial charge is 0.366 e. The number of sulfonamides is 2. The zero-order valence-electron chi connectivity index (χ0n) is 18.1. The molecular formula is C21H21BrN4O7S2. The van der Waals surface area contributed by atoms with Gasteiger partial charge in [0.2, 0.25) is 20.0 Å². The van der Waals surface area contributed by atoms with Crippen LogP contribution in [0.15, 0.2) is 56.7 Å². The van der Waals surface area contributed by atoms with Crippen LogP contribution in [0.4, 0.5) is 0 Å². The molecule has 1 saturated heterocycles. The van der Waals surface area contributed by atoms with Crippen molar-refractivity contribution < 1.29 is 31.2 Å². The second-order valence-electron chi connectivity index (χ2n) is 7.80. The molecule has 1 aromatic heterocycles. The van der Waals surface area contributed by atoms with Gasteiger partial charge in [0.1, 0.15) is 11.0 Å². The van der Waals surface area contributed by atoms with Crippen molar-refractivity contribution >= 4 is 59.1 Å². The molecule has 11 nitrogen and oxygen atoms in total. The summed E-state index contributed by atoms with van der Waals surface area (Å²) in [4.78, 5) is 26.9. The summed E-state index contributed by atoms with van der Waals surface area (Å²) in [5.41, 5.74) is 1.03. The molecule has 0 bridgehead atoms. The fourth-order valence-electron chi connectivity index (χ4n) is 3.75. The fraction of sp³-hybridized carbons (Fsp3) is 0.238. The molecule has 1 aliphatic heterocycles. The Bertz CT molecular complexity index is 1500. The SMILES string of the molecule is NS(=O)(=O)c1ccc(CNC(=O)C2CN(S(=O)(=O)c3c(C=O)[nH]c4ccc(Br)cc34)CCO2)cc1. The summed E-state index contributed by atoms with van der Waals surface area (Å²) in [5.74, 6) is -0.530. The molecule has 1 atom stereocenters. The number of benzene rings is 2. The molecule has 2 aromatic carbocycles. The number of amides is 1. The van der Waals surface area contributed by atoms with Crippen molar-refractivity contribution in [2.75, 3.05) is 19.7 Å². The maximum absolute atomic E-state index is 13.5. The van der Waals surface area contributed by atoms with Gasteiger partial charge in [-0.2, -0.15) is 4.31 Å². The van der Waals surface area contributed by atoms with Crippen LogP contribution < -0.4 is 10.5 Å². The molecular weight excluding hydrogens is 564 g/mol. The number of H-pyrrole nitrogens is 1. The molecule has 14 heteroatoms. The topological polar surface area (TPSA) is 169 Å². The lowest BCUT2D eigenvalue weighted by Gasteiger charge is -2.31. The van der Waals surface area contributed by atoms with Gasteiger partial charge in [-0.05, 0) is 35.9 Å². The predicted octanol–water partition coefficient (Wildman–Crippen LogP) is 1.10. The number of hydrogen-bond donors (Lipinski definition) is 3. The maximum Gasteiger partial charge on any atom is 0.250 e.